The van der Waals surface area contributed by atoms with Gasteiger partial charge < -0.3 is 14.8 Å². The molecule has 3 heteroatoms. The first-order chi connectivity index (χ1) is 9.60. The van der Waals surface area contributed by atoms with Gasteiger partial charge in [0, 0.05) is 12.1 Å². The Labute approximate surface area is 131 Å². The van der Waals surface area contributed by atoms with Crippen LogP contribution in [0.1, 0.15) is 67.2 Å². The second-order valence-corrected chi connectivity index (χ2v) is 9.20. The highest BCUT2D eigenvalue weighted by atomic mass is 16.6. The molecule has 0 atom stereocenters. The van der Waals surface area contributed by atoms with Crippen LogP contribution in [0.4, 0.5) is 0 Å². The lowest BCUT2D eigenvalue weighted by Crippen LogP contribution is -2.55. The summed E-state index contributed by atoms with van der Waals surface area (Å²) in [6, 6.07) is 0. The molecule has 0 aromatic heterocycles. The molecule has 1 saturated carbocycles. The third-order valence-electron chi connectivity index (χ3n) is 5.09. The van der Waals surface area contributed by atoms with Crippen molar-refractivity contribution in [2.45, 2.75) is 84.5 Å². The van der Waals surface area contributed by atoms with Gasteiger partial charge in [0.15, 0.2) is 0 Å². The Morgan fingerprint density at radius 1 is 1.05 bits per heavy atom. The highest BCUT2D eigenvalue weighted by Gasteiger charge is 2.42. The minimum Gasteiger partial charge on any atom is -0.376 e. The molecular weight excluding hydrogens is 262 g/mol. The summed E-state index contributed by atoms with van der Waals surface area (Å²) >= 11 is 0. The molecule has 1 aliphatic carbocycles. The van der Waals surface area contributed by atoms with Crippen molar-refractivity contribution >= 4 is 0 Å². The predicted octanol–water partition coefficient (Wildman–Crippen LogP) is 3.77. The van der Waals surface area contributed by atoms with Gasteiger partial charge in [0.1, 0.15) is 6.10 Å². The fourth-order valence-corrected chi connectivity index (χ4v) is 3.41. The van der Waals surface area contributed by atoms with Crippen LogP contribution >= 0.6 is 0 Å². The fourth-order valence-electron chi connectivity index (χ4n) is 3.41. The summed E-state index contributed by atoms with van der Waals surface area (Å²) in [5.74, 6) is 0.821. The van der Waals surface area contributed by atoms with E-state index in [1.54, 1.807) is 0 Å². The number of nitrogens with one attached hydrogen (secondary N) is 1. The Morgan fingerprint density at radius 2 is 1.62 bits per heavy atom. The van der Waals surface area contributed by atoms with E-state index in [9.17, 15) is 0 Å². The molecule has 0 aromatic carbocycles. The fraction of sp³-hybridized carbons (Fsp3) is 1.00. The van der Waals surface area contributed by atoms with Gasteiger partial charge in [0.05, 0.1) is 18.8 Å². The van der Waals surface area contributed by atoms with Gasteiger partial charge in [-0.25, -0.2) is 0 Å². The number of hydrogen-bond donors (Lipinski definition) is 1. The average molecular weight is 297 g/mol. The molecule has 124 valence electrons. The minimum absolute atomic E-state index is 0.0173. The Bertz CT molecular complexity index is 328. The summed E-state index contributed by atoms with van der Waals surface area (Å²) in [6.45, 7) is 16.3. The number of hydrogen-bond acceptors (Lipinski definition) is 3. The van der Waals surface area contributed by atoms with E-state index in [-0.39, 0.29) is 11.1 Å². The normalized spacial score (nSPS) is 32.0. The largest absolute Gasteiger partial charge is 0.376 e. The molecule has 2 aliphatic rings. The smallest absolute Gasteiger partial charge is 0.105 e. The molecule has 0 spiro atoms. The summed E-state index contributed by atoms with van der Waals surface area (Å²) in [5, 5.41) is 3.67. The zero-order chi connectivity index (χ0) is 15.7. The molecule has 2 fully saturated rings. The van der Waals surface area contributed by atoms with Crippen LogP contribution < -0.4 is 5.32 Å². The van der Waals surface area contributed by atoms with Crippen molar-refractivity contribution in [3.05, 3.63) is 0 Å². The van der Waals surface area contributed by atoms with Gasteiger partial charge in [0.2, 0.25) is 0 Å². The topological polar surface area (TPSA) is 30.5 Å². The number of ether oxygens (including phenoxy) is 2. The van der Waals surface area contributed by atoms with Crippen molar-refractivity contribution in [1.29, 1.82) is 0 Å². The summed E-state index contributed by atoms with van der Waals surface area (Å²) in [4.78, 5) is 0. The third kappa shape index (κ3) is 4.94. The maximum Gasteiger partial charge on any atom is 0.105 e. The van der Waals surface area contributed by atoms with Crippen LogP contribution in [0.5, 0.6) is 0 Å². The van der Waals surface area contributed by atoms with Gasteiger partial charge >= 0.3 is 0 Å². The van der Waals surface area contributed by atoms with Crippen molar-refractivity contribution in [1.82, 2.24) is 5.32 Å². The molecule has 21 heavy (non-hydrogen) atoms. The first kappa shape index (κ1) is 17.2. The molecule has 3 nitrogen and oxygen atoms in total. The summed E-state index contributed by atoms with van der Waals surface area (Å²) in [7, 11) is 0. The molecule has 1 saturated heterocycles. The van der Waals surface area contributed by atoms with Crippen LogP contribution in [0.2, 0.25) is 0 Å². The van der Waals surface area contributed by atoms with Crippen LogP contribution in [0.15, 0.2) is 0 Å². The second kappa shape index (κ2) is 6.17. The predicted molar refractivity (Wildman–Crippen MR) is 87.6 cm³/mol. The highest BCUT2D eigenvalue weighted by molar-refractivity contribution is 4.94. The zero-order valence-electron chi connectivity index (χ0n) is 14.9. The standard InChI is InChI=1S/C18H35NO2/c1-16(2,3)14-7-9-18(10-8-14,13-19-17(4,5)6)21-15-11-20-12-15/h14-15,19H,7-13H2,1-6H3. The van der Waals surface area contributed by atoms with E-state index >= 15 is 0 Å². The van der Waals surface area contributed by atoms with Gasteiger partial charge in [0.25, 0.3) is 0 Å². The van der Waals surface area contributed by atoms with Crippen LogP contribution in [0.3, 0.4) is 0 Å². The van der Waals surface area contributed by atoms with E-state index in [2.05, 4.69) is 46.9 Å². The van der Waals surface area contributed by atoms with E-state index in [1.165, 1.54) is 25.7 Å². The Kier molecular flexibility index (Phi) is 5.07. The maximum absolute atomic E-state index is 6.48. The lowest BCUT2D eigenvalue weighted by Gasteiger charge is -2.47. The van der Waals surface area contributed by atoms with Gasteiger partial charge in [-0.3, -0.25) is 0 Å². The third-order valence-corrected chi connectivity index (χ3v) is 5.09. The van der Waals surface area contributed by atoms with E-state index < -0.39 is 0 Å². The molecule has 0 unspecified atom stereocenters. The van der Waals surface area contributed by atoms with Gasteiger partial charge in [-0.2, -0.15) is 0 Å². The lowest BCUT2D eigenvalue weighted by molar-refractivity contribution is -0.205. The molecule has 1 N–H and O–H groups in total. The van der Waals surface area contributed by atoms with Crippen molar-refractivity contribution in [3.8, 4) is 0 Å². The minimum atomic E-state index is 0.0173. The highest BCUT2D eigenvalue weighted by Crippen LogP contribution is 2.43. The quantitative estimate of drug-likeness (QED) is 0.857. The second-order valence-electron chi connectivity index (χ2n) is 9.20. The number of rotatable bonds is 4. The molecule has 0 aromatic rings. The van der Waals surface area contributed by atoms with Crippen molar-refractivity contribution in [2.24, 2.45) is 11.3 Å². The molecule has 1 aliphatic heterocycles. The Balaban J connectivity index is 1.97. The molecule has 1 heterocycles. The molecule has 0 radical (unpaired) electrons. The van der Waals surface area contributed by atoms with Gasteiger partial charge in [-0.05, 0) is 57.8 Å². The Hall–Kier alpha value is -0.120. The van der Waals surface area contributed by atoms with E-state index in [4.69, 9.17) is 9.47 Å². The molecule has 0 bridgehead atoms. The van der Waals surface area contributed by atoms with Crippen LogP contribution in [0.25, 0.3) is 0 Å². The molecule has 0 amide bonds. The maximum atomic E-state index is 6.48. The van der Waals surface area contributed by atoms with E-state index in [0.29, 0.717) is 11.5 Å². The molecule has 2 rings (SSSR count). The first-order valence-electron chi connectivity index (χ1n) is 8.60. The Morgan fingerprint density at radius 3 is 2.00 bits per heavy atom. The molecular formula is C18H35NO2. The van der Waals surface area contributed by atoms with Crippen molar-refractivity contribution < 1.29 is 9.47 Å². The average Bonchev–Trinajstić information content (AvgIpc) is 2.30. The van der Waals surface area contributed by atoms with Crippen LogP contribution in [-0.4, -0.2) is 37.0 Å². The lowest BCUT2D eigenvalue weighted by atomic mass is 9.68. The SMILES string of the molecule is CC(C)(C)NCC1(OC2COC2)CCC(C(C)(C)C)CC1. The van der Waals surface area contributed by atoms with Crippen molar-refractivity contribution in [2.75, 3.05) is 19.8 Å². The summed E-state index contributed by atoms with van der Waals surface area (Å²) in [6.07, 6.45) is 5.23. The monoisotopic (exact) mass is 297 g/mol. The van der Waals surface area contributed by atoms with Crippen molar-refractivity contribution in [3.63, 3.8) is 0 Å². The van der Waals surface area contributed by atoms with Crippen LogP contribution in [-0.2, 0) is 9.47 Å². The van der Waals surface area contributed by atoms with E-state index in [1.807, 2.05) is 0 Å². The zero-order valence-corrected chi connectivity index (χ0v) is 14.9. The van der Waals surface area contributed by atoms with Crippen LogP contribution in [0, 0.1) is 11.3 Å². The summed E-state index contributed by atoms with van der Waals surface area (Å²) < 4.78 is 11.8. The van der Waals surface area contributed by atoms with E-state index in [0.717, 1.165) is 25.7 Å². The van der Waals surface area contributed by atoms with Gasteiger partial charge in [-0.1, -0.05) is 20.8 Å². The first-order valence-corrected chi connectivity index (χ1v) is 8.60. The van der Waals surface area contributed by atoms with Gasteiger partial charge in [-0.15, -0.1) is 0 Å². The summed E-state index contributed by atoms with van der Waals surface area (Å²) in [5.41, 5.74) is 0.583.